The molecule has 4 aromatic rings. The van der Waals surface area contributed by atoms with E-state index in [0.29, 0.717) is 11.5 Å². The number of benzene rings is 4. The molecule has 5 heteroatoms. The van der Waals surface area contributed by atoms with Crippen LogP contribution in [0, 0.1) is 0 Å². The van der Waals surface area contributed by atoms with Gasteiger partial charge in [0.2, 0.25) is 0 Å². The molecule has 0 unspecified atom stereocenters. The van der Waals surface area contributed by atoms with E-state index in [0.717, 1.165) is 11.1 Å². The number of hydrogen-bond acceptors (Lipinski definition) is 3. The molecule has 0 radical (unpaired) electrons. The molecule has 0 N–H and O–H groups in total. The molecule has 0 bridgehead atoms. The molecule has 0 atom stereocenters. The van der Waals surface area contributed by atoms with Crippen LogP contribution in [0.5, 0.6) is 11.5 Å². The highest BCUT2D eigenvalue weighted by Crippen LogP contribution is 2.53. The highest BCUT2D eigenvalue weighted by atomic mass is 35.7. The van der Waals surface area contributed by atoms with Crippen LogP contribution in [-0.2, 0) is 15.4 Å². The van der Waals surface area contributed by atoms with Crippen LogP contribution in [0.4, 0.5) is 0 Å². The zero-order chi connectivity index (χ0) is 25.1. The summed E-state index contributed by atoms with van der Waals surface area (Å²) in [6, 6.07) is 35.5. The van der Waals surface area contributed by atoms with E-state index >= 15 is 0 Å². The van der Waals surface area contributed by atoms with Crippen LogP contribution < -0.4 is 9.05 Å². The molecule has 180 valence electrons. The van der Waals surface area contributed by atoms with Crippen molar-refractivity contribution in [2.24, 2.45) is 0 Å². The van der Waals surface area contributed by atoms with Crippen molar-refractivity contribution in [3.05, 3.63) is 131 Å². The first kappa shape index (κ1) is 25.1. The summed E-state index contributed by atoms with van der Waals surface area (Å²) in [6.07, 6.45) is 0. The van der Waals surface area contributed by atoms with Gasteiger partial charge in [-0.05, 0) is 46.5 Å². The molecular weight excluding hydrogens is 475 g/mol. The molecule has 0 saturated carbocycles. The van der Waals surface area contributed by atoms with E-state index in [2.05, 4.69) is 52.0 Å². The molecule has 0 aliphatic heterocycles. The highest BCUT2D eigenvalue weighted by molar-refractivity contribution is 7.82. The zero-order valence-corrected chi connectivity index (χ0v) is 22.1. The third kappa shape index (κ3) is 5.81. The normalized spacial score (nSPS) is 12.3. The molecular formula is C30H30ClO3P. The van der Waals surface area contributed by atoms with Crippen LogP contribution in [0.15, 0.2) is 109 Å². The Kier molecular flexibility index (Phi) is 7.12. The van der Waals surface area contributed by atoms with Crippen molar-refractivity contribution in [1.29, 1.82) is 0 Å². The van der Waals surface area contributed by atoms with Gasteiger partial charge in [0, 0.05) is 22.1 Å². The van der Waals surface area contributed by atoms with Crippen molar-refractivity contribution in [3.63, 3.8) is 0 Å². The average molecular weight is 505 g/mol. The van der Waals surface area contributed by atoms with Crippen LogP contribution in [0.1, 0.15) is 49.9 Å². The minimum Gasteiger partial charge on any atom is -0.405 e. The minimum atomic E-state index is -3.89. The van der Waals surface area contributed by atoms with Gasteiger partial charge in [-0.3, -0.25) is 0 Å². The van der Waals surface area contributed by atoms with Gasteiger partial charge in [-0.1, -0.05) is 113 Å². The van der Waals surface area contributed by atoms with Crippen molar-refractivity contribution in [1.82, 2.24) is 0 Å². The van der Waals surface area contributed by atoms with Gasteiger partial charge >= 0.3 is 6.95 Å². The Labute approximate surface area is 213 Å². The number of rotatable bonds is 8. The fourth-order valence-electron chi connectivity index (χ4n) is 4.18. The van der Waals surface area contributed by atoms with Gasteiger partial charge in [0.25, 0.3) is 0 Å². The summed E-state index contributed by atoms with van der Waals surface area (Å²) in [4.78, 5) is 0. The second kappa shape index (κ2) is 9.93. The van der Waals surface area contributed by atoms with Crippen LogP contribution >= 0.6 is 18.2 Å². The number of hydrogen-bond donors (Lipinski definition) is 0. The summed E-state index contributed by atoms with van der Waals surface area (Å²) in [7, 11) is 0. The maximum absolute atomic E-state index is 12.9. The predicted molar refractivity (Wildman–Crippen MR) is 145 cm³/mol. The van der Waals surface area contributed by atoms with E-state index in [-0.39, 0.29) is 10.8 Å². The lowest BCUT2D eigenvalue weighted by atomic mass is 9.78. The molecule has 0 heterocycles. The van der Waals surface area contributed by atoms with Gasteiger partial charge in [0.15, 0.2) is 0 Å². The Bertz CT molecular complexity index is 1200. The summed E-state index contributed by atoms with van der Waals surface area (Å²) in [5.41, 5.74) is 4.26. The summed E-state index contributed by atoms with van der Waals surface area (Å²) in [6.45, 7) is 4.76. The van der Waals surface area contributed by atoms with Gasteiger partial charge < -0.3 is 9.05 Å². The molecule has 35 heavy (non-hydrogen) atoms. The van der Waals surface area contributed by atoms with Gasteiger partial charge in [-0.25, -0.2) is 4.57 Å². The quantitative estimate of drug-likeness (QED) is 0.224. The van der Waals surface area contributed by atoms with E-state index in [1.807, 2.05) is 60.7 Å². The second-order valence-electron chi connectivity index (χ2n) is 9.64. The van der Waals surface area contributed by atoms with Crippen LogP contribution in [0.2, 0.25) is 0 Å². The van der Waals surface area contributed by atoms with Crippen LogP contribution in [0.25, 0.3) is 0 Å². The first-order valence-corrected chi connectivity index (χ1v) is 14.0. The van der Waals surface area contributed by atoms with Crippen LogP contribution in [-0.4, -0.2) is 0 Å². The standard InChI is InChI=1S/C30H30ClO3P/c1-29(2,23-11-7-5-8-12-23)25-15-19-27(20-16-25)33-35(31,32)34-28-21-17-26(18-22-28)30(3,4)24-13-9-6-10-14-24/h5-22H,1-4H3. The lowest BCUT2D eigenvalue weighted by Gasteiger charge is -2.26. The van der Waals surface area contributed by atoms with Gasteiger partial charge in [-0.15, -0.1) is 0 Å². The predicted octanol–water partition coefficient (Wildman–Crippen LogP) is 9.14. The number of halogens is 1. The van der Waals surface area contributed by atoms with Gasteiger partial charge in [0.05, 0.1) is 0 Å². The molecule has 0 aromatic heterocycles. The summed E-state index contributed by atoms with van der Waals surface area (Å²) in [5, 5.41) is 0. The topological polar surface area (TPSA) is 35.5 Å². The fourth-order valence-corrected chi connectivity index (χ4v) is 5.44. The van der Waals surface area contributed by atoms with Crippen molar-refractivity contribution in [3.8, 4) is 11.5 Å². The van der Waals surface area contributed by atoms with Crippen LogP contribution in [0.3, 0.4) is 0 Å². The third-order valence-corrected chi connectivity index (χ3v) is 7.84. The van der Waals surface area contributed by atoms with E-state index in [1.165, 1.54) is 11.1 Å². The van der Waals surface area contributed by atoms with Crippen molar-refractivity contribution < 1.29 is 13.6 Å². The smallest absolute Gasteiger partial charge is 0.405 e. The fraction of sp³-hybridized carbons (Fsp3) is 0.200. The van der Waals surface area contributed by atoms with E-state index in [1.54, 1.807) is 24.3 Å². The molecule has 0 fully saturated rings. The SMILES string of the molecule is CC(C)(c1ccccc1)c1ccc(OP(=O)(Cl)Oc2ccc(C(C)(C)c3ccccc3)cc2)cc1. The average Bonchev–Trinajstić information content (AvgIpc) is 2.85. The lowest BCUT2D eigenvalue weighted by Crippen LogP contribution is -2.18. The van der Waals surface area contributed by atoms with Crippen molar-refractivity contribution in [2.75, 3.05) is 0 Å². The Morgan fingerprint density at radius 2 is 0.800 bits per heavy atom. The molecule has 0 amide bonds. The Morgan fingerprint density at radius 3 is 1.11 bits per heavy atom. The lowest BCUT2D eigenvalue weighted by molar-refractivity contribution is 0.406. The van der Waals surface area contributed by atoms with E-state index in [4.69, 9.17) is 20.3 Å². The first-order chi connectivity index (χ1) is 16.6. The van der Waals surface area contributed by atoms with Gasteiger partial charge in [-0.2, -0.15) is 0 Å². The largest absolute Gasteiger partial charge is 0.530 e. The summed E-state index contributed by atoms with van der Waals surface area (Å²) >= 11 is 6.17. The summed E-state index contributed by atoms with van der Waals surface area (Å²) in [5.74, 6) is 0.774. The zero-order valence-electron chi connectivity index (χ0n) is 20.4. The minimum absolute atomic E-state index is 0.184. The third-order valence-electron chi connectivity index (χ3n) is 6.57. The molecule has 0 saturated heterocycles. The molecule has 0 aliphatic carbocycles. The molecule has 0 aliphatic rings. The Morgan fingerprint density at radius 1 is 0.514 bits per heavy atom. The van der Waals surface area contributed by atoms with Crippen molar-refractivity contribution in [2.45, 2.75) is 38.5 Å². The highest BCUT2D eigenvalue weighted by Gasteiger charge is 2.27. The molecule has 4 rings (SSSR count). The Balaban J connectivity index is 1.44. The molecule has 0 spiro atoms. The van der Waals surface area contributed by atoms with E-state index in [9.17, 15) is 4.57 Å². The Hall–Kier alpha value is -3.00. The maximum atomic E-state index is 12.9. The van der Waals surface area contributed by atoms with Crippen molar-refractivity contribution >= 4 is 18.2 Å². The van der Waals surface area contributed by atoms with E-state index < -0.39 is 6.95 Å². The second-order valence-corrected chi connectivity index (χ2v) is 12.1. The van der Waals surface area contributed by atoms with Gasteiger partial charge in [0.1, 0.15) is 11.5 Å². The molecule has 3 nitrogen and oxygen atoms in total. The molecule has 4 aromatic carbocycles. The maximum Gasteiger partial charge on any atom is 0.530 e. The first-order valence-electron chi connectivity index (χ1n) is 11.6. The summed E-state index contributed by atoms with van der Waals surface area (Å²) < 4.78 is 24.0. The monoisotopic (exact) mass is 504 g/mol.